The predicted octanol–water partition coefficient (Wildman–Crippen LogP) is 3.08. The zero-order valence-corrected chi connectivity index (χ0v) is 11.9. The average molecular weight is 316 g/mol. The van der Waals surface area contributed by atoms with Crippen molar-refractivity contribution in [2.45, 2.75) is 13.1 Å². The number of amidine groups is 1. The topological polar surface area (TPSA) is 77.3 Å². The lowest BCUT2D eigenvalue weighted by Gasteiger charge is -2.12. The molecule has 0 aliphatic carbocycles. The van der Waals surface area contributed by atoms with Crippen molar-refractivity contribution < 1.29 is 18.0 Å². The first-order valence-electron chi connectivity index (χ1n) is 5.54. The zero-order valence-electron chi connectivity index (χ0n) is 11.1. The fourth-order valence-corrected chi connectivity index (χ4v) is 1.76. The second-order valence-corrected chi connectivity index (χ2v) is 4.56. The van der Waals surface area contributed by atoms with E-state index in [0.717, 1.165) is 23.9 Å². The van der Waals surface area contributed by atoms with Gasteiger partial charge in [-0.1, -0.05) is 11.8 Å². The van der Waals surface area contributed by atoms with Gasteiger partial charge in [0, 0.05) is 12.6 Å². The first kappa shape index (κ1) is 16.8. The van der Waals surface area contributed by atoms with Gasteiger partial charge in [0.25, 0.3) is 0 Å². The maximum absolute atomic E-state index is 13.0. The van der Waals surface area contributed by atoms with Crippen LogP contribution >= 0.6 is 11.8 Å². The van der Waals surface area contributed by atoms with Crippen LogP contribution in [0.5, 0.6) is 0 Å². The molecule has 1 rings (SSSR count). The maximum Gasteiger partial charge on any atom is 0.418 e. The fourth-order valence-electron chi connectivity index (χ4n) is 1.42. The number of nitrogens with one attached hydrogen (secondary N) is 2. The van der Waals surface area contributed by atoms with Crippen molar-refractivity contribution in [2.75, 3.05) is 11.6 Å². The van der Waals surface area contributed by atoms with Crippen molar-refractivity contribution in [3.63, 3.8) is 0 Å². The van der Waals surface area contributed by atoms with Crippen LogP contribution in [0.4, 0.5) is 24.5 Å². The third kappa shape index (κ3) is 5.00. The van der Waals surface area contributed by atoms with Crippen LogP contribution in [0, 0.1) is 11.5 Å². The van der Waals surface area contributed by atoms with Crippen LogP contribution in [0.3, 0.4) is 0 Å². The van der Waals surface area contributed by atoms with Gasteiger partial charge < -0.3 is 5.32 Å². The van der Waals surface area contributed by atoms with E-state index in [-0.39, 0.29) is 16.5 Å². The summed E-state index contributed by atoms with van der Waals surface area (Å²) in [6, 6.07) is 3.23. The standard InChI is InChI=1S/C12H11F3N4OS/c1-7(20)18-8-3-4-10(9(5-8)12(13,14)15)19-11(21-2)17-6-16/h3-5H,1-2H3,(H,17,19)(H,18,20). The quantitative estimate of drug-likeness (QED) is 0.380. The number of hydrogen-bond acceptors (Lipinski definition) is 4. The Bertz CT molecular complexity index is 608. The van der Waals surface area contributed by atoms with E-state index < -0.39 is 17.6 Å². The summed E-state index contributed by atoms with van der Waals surface area (Å²) < 4.78 is 39.1. The average Bonchev–Trinajstić information content (AvgIpc) is 2.38. The van der Waals surface area contributed by atoms with Crippen LogP contribution in [0.1, 0.15) is 12.5 Å². The molecule has 1 aromatic carbocycles. The summed E-state index contributed by atoms with van der Waals surface area (Å²) >= 11 is 1.00. The van der Waals surface area contributed by atoms with E-state index in [2.05, 4.69) is 15.6 Å². The van der Waals surface area contributed by atoms with Gasteiger partial charge in [-0.15, -0.1) is 0 Å². The number of rotatable bonds is 2. The highest BCUT2D eigenvalue weighted by molar-refractivity contribution is 8.13. The van der Waals surface area contributed by atoms with Crippen molar-refractivity contribution in [3.05, 3.63) is 23.8 Å². The van der Waals surface area contributed by atoms with E-state index in [1.807, 2.05) is 0 Å². The second-order valence-electron chi connectivity index (χ2n) is 3.77. The van der Waals surface area contributed by atoms with Crippen molar-refractivity contribution in [3.8, 4) is 6.19 Å². The molecular formula is C12H11F3N4OS. The van der Waals surface area contributed by atoms with Crippen molar-refractivity contribution in [1.82, 2.24) is 5.32 Å². The molecule has 0 fully saturated rings. The van der Waals surface area contributed by atoms with Gasteiger partial charge in [0.2, 0.25) is 5.91 Å². The Morgan fingerprint density at radius 2 is 2.10 bits per heavy atom. The Kier molecular flexibility index (Phi) is 5.60. The number of aliphatic imine (C=N–C) groups is 1. The number of alkyl halides is 3. The van der Waals surface area contributed by atoms with E-state index in [1.54, 1.807) is 12.4 Å². The molecule has 0 radical (unpaired) electrons. The minimum Gasteiger partial charge on any atom is -0.326 e. The molecule has 0 aliphatic heterocycles. The van der Waals surface area contributed by atoms with Crippen LogP contribution in [0.15, 0.2) is 23.2 Å². The Balaban J connectivity index is 3.32. The molecule has 1 amide bonds. The molecule has 0 aromatic heterocycles. The van der Waals surface area contributed by atoms with E-state index in [1.165, 1.54) is 13.0 Å². The van der Waals surface area contributed by atoms with Crippen LogP contribution in [0.2, 0.25) is 0 Å². The van der Waals surface area contributed by atoms with E-state index in [4.69, 9.17) is 5.26 Å². The Morgan fingerprint density at radius 1 is 1.43 bits per heavy atom. The number of amides is 1. The number of benzene rings is 1. The molecule has 2 N–H and O–H groups in total. The van der Waals surface area contributed by atoms with E-state index >= 15 is 0 Å². The Labute approximate surface area is 123 Å². The van der Waals surface area contributed by atoms with Gasteiger partial charge in [-0.2, -0.15) is 18.4 Å². The molecule has 0 unspecified atom stereocenters. The third-order valence-corrected chi connectivity index (χ3v) is 2.78. The van der Waals surface area contributed by atoms with E-state index in [9.17, 15) is 18.0 Å². The largest absolute Gasteiger partial charge is 0.418 e. The highest BCUT2D eigenvalue weighted by Gasteiger charge is 2.34. The number of anilines is 1. The molecule has 112 valence electrons. The highest BCUT2D eigenvalue weighted by atomic mass is 32.2. The van der Waals surface area contributed by atoms with Crippen molar-refractivity contribution in [2.24, 2.45) is 4.99 Å². The number of nitrogens with zero attached hydrogens (tertiary/aromatic N) is 2. The fraction of sp³-hybridized carbons (Fsp3) is 0.250. The summed E-state index contributed by atoms with van der Waals surface area (Å²) in [4.78, 5) is 14.7. The van der Waals surface area contributed by atoms with Gasteiger partial charge in [0.15, 0.2) is 11.4 Å². The monoisotopic (exact) mass is 316 g/mol. The highest BCUT2D eigenvalue weighted by Crippen LogP contribution is 2.38. The van der Waals surface area contributed by atoms with Gasteiger partial charge in [0.1, 0.15) is 0 Å². The smallest absolute Gasteiger partial charge is 0.326 e. The minimum absolute atomic E-state index is 0.0210. The molecule has 0 saturated carbocycles. The zero-order chi connectivity index (χ0) is 16.0. The van der Waals surface area contributed by atoms with Crippen LogP contribution in [-0.4, -0.2) is 17.3 Å². The second kappa shape index (κ2) is 6.99. The summed E-state index contributed by atoms with van der Waals surface area (Å²) in [6.45, 7) is 1.20. The lowest BCUT2D eigenvalue weighted by atomic mass is 10.1. The maximum atomic E-state index is 13.0. The molecule has 21 heavy (non-hydrogen) atoms. The summed E-state index contributed by atoms with van der Waals surface area (Å²) in [5.74, 6) is -0.477. The Morgan fingerprint density at radius 3 is 2.57 bits per heavy atom. The number of carbonyl (C=O) groups excluding carboxylic acids is 1. The summed E-state index contributed by atoms with van der Waals surface area (Å²) in [5.41, 5.74) is -1.32. The summed E-state index contributed by atoms with van der Waals surface area (Å²) in [7, 11) is 0. The first-order chi connectivity index (χ1) is 9.77. The van der Waals surface area contributed by atoms with Gasteiger partial charge >= 0.3 is 6.18 Å². The van der Waals surface area contributed by atoms with Crippen molar-refractivity contribution in [1.29, 1.82) is 5.26 Å². The van der Waals surface area contributed by atoms with Gasteiger partial charge in [-0.3, -0.25) is 10.1 Å². The van der Waals surface area contributed by atoms with Crippen LogP contribution in [0.25, 0.3) is 0 Å². The lowest BCUT2D eigenvalue weighted by Crippen LogP contribution is -2.14. The predicted molar refractivity (Wildman–Crippen MR) is 75.1 cm³/mol. The summed E-state index contributed by atoms with van der Waals surface area (Å²) in [5, 5.41) is 13.0. The Hall–Kier alpha value is -2.21. The molecule has 9 heteroatoms. The number of carbonyl (C=O) groups is 1. The molecule has 0 saturated heterocycles. The molecule has 0 heterocycles. The summed E-state index contributed by atoms with van der Waals surface area (Å²) in [6.07, 6.45) is -1.47. The lowest BCUT2D eigenvalue weighted by molar-refractivity contribution is -0.137. The number of nitriles is 1. The number of thioether (sulfide) groups is 1. The third-order valence-electron chi connectivity index (χ3n) is 2.20. The van der Waals surface area contributed by atoms with Gasteiger partial charge in [0.05, 0.1) is 11.3 Å². The van der Waals surface area contributed by atoms with Crippen LogP contribution in [-0.2, 0) is 11.0 Å². The molecule has 0 atom stereocenters. The molecule has 0 aliphatic rings. The van der Waals surface area contributed by atoms with Crippen molar-refractivity contribution >= 4 is 34.2 Å². The number of hydrogen-bond donors (Lipinski definition) is 2. The SMILES string of the molecule is CSC(=Nc1ccc(NC(C)=O)cc1C(F)(F)F)NC#N. The molecule has 0 spiro atoms. The molecule has 1 aromatic rings. The first-order valence-corrected chi connectivity index (χ1v) is 6.77. The molecule has 5 nitrogen and oxygen atoms in total. The van der Waals surface area contributed by atoms with E-state index in [0.29, 0.717) is 0 Å². The molecular weight excluding hydrogens is 305 g/mol. The number of halogens is 3. The molecule has 0 bridgehead atoms. The minimum atomic E-state index is -4.64. The van der Waals surface area contributed by atoms with Gasteiger partial charge in [-0.05, 0) is 24.5 Å². The normalized spacial score (nSPS) is 11.7. The van der Waals surface area contributed by atoms with Crippen LogP contribution < -0.4 is 10.6 Å². The van der Waals surface area contributed by atoms with Gasteiger partial charge in [-0.25, -0.2) is 4.99 Å².